The highest BCUT2D eigenvalue weighted by Gasteiger charge is 2.71. The Balaban J connectivity index is 0.718. The van der Waals surface area contributed by atoms with Crippen LogP contribution in [0, 0.1) is 27.7 Å². The standard InChI is InChI=1S/C57H75N14O31P5S5/c1-22-11-68(51(76)63-42(22)58)48-36-39(55(17-72,95-48)26(5)90-36)100-106(83,111)88-19-57-28(7)92-38(50(97-57)70-14-25(4)47(75)66-54(70)79)41(57)102-107(84,112)89-18-56-27(6)91-37(49(96-56)69-13-24(3)46(74)65-53(69)78)40(56)101-105(82,110)87-16-32-30(9-33(93-32)67-12-23(2)45(73)64-52(67)77)99-104(81,109)86-15-31-29(98-103(80,108)85-8)10-34(94-31)71-21-62-35-43(59)60-20-61-44(35)71/h11-14,20-21,26-34,36-41,48-50,72H,9-10,15-19H2,1-8H3,(H,80,108)(H,81,109)(H,82,110)(H,83,111)(H,84,112)(H2,58,63,76)(H2,59,60,61)(H,64,73,77)(H,65,74,78)(H,66,75,79)/p-5/t26-,27-,28-,29?,30?,31+,32+,33+,34+,36-,37-,38-,39?,40?,41?,48+,49+,50+,55-,56-,57-,103?,104?,105?,106?,107?/m0/s1. The molecule has 0 aromatic carbocycles. The number of aryl methyl sites for hydroxylation is 4. The summed E-state index contributed by atoms with van der Waals surface area (Å²) in [6.45, 7) is -18.7. The highest BCUT2D eigenvalue weighted by molar-refractivity contribution is 8.32. The van der Waals surface area contributed by atoms with Gasteiger partial charge < -0.3 is 132 Å². The van der Waals surface area contributed by atoms with E-state index in [0.717, 1.165) is 44.0 Å². The zero-order valence-electron chi connectivity index (χ0n) is 59.5. The number of aromatic amines is 3. The number of ether oxygens (including phenoxy) is 8. The van der Waals surface area contributed by atoms with Gasteiger partial charge in [-0.2, -0.15) is 4.98 Å². The molecule has 0 radical (unpaired) electrons. The summed E-state index contributed by atoms with van der Waals surface area (Å²) in [5, 5.41) is 10.9. The first-order valence-electron chi connectivity index (χ1n) is 33.8. The average Bonchev–Trinajstić information content (AvgIpc) is 1.55. The second-order valence-corrected chi connectivity index (χ2v) is 41.1. The van der Waals surface area contributed by atoms with E-state index in [2.05, 4.69) is 34.9 Å². The smallest absolute Gasteiger partial charge is 0.351 e. The lowest BCUT2D eigenvalue weighted by molar-refractivity contribution is -0.240. The van der Waals surface area contributed by atoms with Gasteiger partial charge in [-0.25, -0.2) is 34.1 Å². The number of fused-ring (bicyclic) bond motifs is 7. The lowest BCUT2D eigenvalue weighted by Crippen LogP contribution is -2.52. The molecular weight excluding hydrogens is 1690 g/mol. The van der Waals surface area contributed by atoms with Crippen molar-refractivity contribution in [3.8, 4) is 0 Å². The summed E-state index contributed by atoms with van der Waals surface area (Å²) in [5.74, 6) is -0.0191. The summed E-state index contributed by atoms with van der Waals surface area (Å²) in [6, 6.07) is 0. The molecule has 6 aromatic rings. The number of aliphatic hydroxyl groups excluding tert-OH is 1. The Labute approximate surface area is 655 Å². The number of imidazole rings is 1. The number of H-pyrrole nitrogens is 3. The van der Waals surface area contributed by atoms with E-state index in [4.69, 9.17) is 154 Å². The van der Waals surface area contributed by atoms with Gasteiger partial charge in [0.25, 0.3) is 16.7 Å². The minimum atomic E-state index is -5.21. The summed E-state index contributed by atoms with van der Waals surface area (Å²) in [7, 11) is 1.06. The van der Waals surface area contributed by atoms with Crippen molar-refractivity contribution >= 4 is 116 Å². The van der Waals surface area contributed by atoms with Crippen LogP contribution in [-0.2, 0) is 147 Å². The van der Waals surface area contributed by atoms with Crippen LogP contribution >= 0.6 is 33.7 Å². The van der Waals surface area contributed by atoms with Gasteiger partial charge in [-0.15, -0.1) is 0 Å². The molecule has 26 atom stereocenters. The quantitative estimate of drug-likeness (QED) is 0.0196. The van der Waals surface area contributed by atoms with E-state index >= 15 is 9.46 Å². The van der Waals surface area contributed by atoms with Crippen LogP contribution in [0.3, 0.4) is 0 Å². The maximum Gasteiger partial charge on any atom is 0.351 e. The minimum Gasteiger partial charge on any atom is -0.780 e. The van der Waals surface area contributed by atoms with Crippen molar-refractivity contribution in [2.75, 3.05) is 51.6 Å². The molecule has 8 aliphatic heterocycles. The summed E-state index contributed by atoms with van der Waals surface area (Å²) in [5.41, 5.74) is 0.323. The molecule has 0 saturated carbocycles. The topological polar surface area (TPSA) is 591 Å². The molecule has 8 N–H and O–H groups in total. The second kappa shape index (κ2) is 30.9. The molecule has 8 saturated heterocycles. The Hall–Kier alpha value is -4.67. The van der Waals surface area contributed by atoms with E-state index in [1.807, 2.05) is 0 Å². The Morgan fingerprint density at radius 3 is 1.49 bits per heavy atom. The maximum absolute atomic E-state index is 15.3. The van der Waals surface area contributed by atoms with Crippen molar-refractivity contribution in [1.82, 2.24) is 57.7 Å². The molecule has 14 rings (SSSR count). The monoisotopic (exact) mass is 1760 g/mol. The SMILES string of the molecule is COP([O-])(=S)OC1C[C@H](n2cnc3c(N)ncnc32)O[C@@H]1COP([O-])(=S)OC1C[C@H](n2cc(C)c(=O)[nH]c2=O)O[C@@H]1COP([O-])(=S)OC1[C@@H]2O[C@@H](C)[C@]1(COP(=O)([S-])OC1[C@@H]3O[C@@H](C)[C@]1(COP([O-])(=S)OC1[C@@H]4O[C@@H](C)[C@]1(CO)O[C@H]4n1cc(C)c(N)nc1=O)O[C@H]3n1cc(C)c(=O)[nH]c1=O)O[C@H]2n1cc(C)c(=O)[nH]c1=O. The lowest BCUT2D eigenvalue weighted by Gasteiger charge is -2.42. The third-order valence-electron chi connectivity index (χ3n) is 20.6. The molecule has 8 aliphatic rings. The number of aromatic nitrogens is 12. The Morgan fingerprint density at radius 1 is 0.554 bits per heavy atom. The predicted octanol–water partition coefficient (Wildman–Crippen LogP) is -3.50. The second-order valence-electron chi connectivity index (χ2n) is 27.4. The van der Waals surface area contributed by atoms with Crippen LogP contribution in [0.5, 0.6) is 0 Å². The van der Waals surface area contributed by atoms with E-state index in [1.165, 1.54) is 65.0 Å². The van der Waals surface area contributed by atoms with Gasteiger partial charge in [0, 0.05) is 67.0 Å². The maximum atomic E-state index is 15.3. The van der Waals surface area contributed by atoms with Crippen molar-refractivity contribution in [3.05, 3.63) is 133 Å². The number of nitrogens with one attached hydrogen (secondary N) is 3. The van der Waals surface area contributed by atoms with Gasteiger partial charge in [0.1, 0.15) is 123 Å². The Kier molecular flexibility index (Phi) is 23.1. The molecule has 6 bridgehead atoms. The first kappa shape index (κ1) is 83.8. The largest absolute Gasteiger partial charge is 0.780 e. The van der Waals surface area contributed by atoms with Gasteiger partial charge in [-0.05, 0) is 48.5 Å². The molecule has 45 nitrogen and oxygen atoms in total. The highest BCUT2D eigenvalue weighted by Crippen LogP contribution is 2.63. The fourth-order valence-corrected chi connectivity index (χ4v) is 21.4. The molecule has 55 heteroatoms. The zero-order valence-corrected chi connectivity index (χ0v) is 68.0. The number of hydrogen-bond donors (Lipinski definition) is 6. The average molecular weight is 1760 g/mol. The molecule has 614 valence electrons. The van der Waals surface area contributed by atoms with Crippen LogP contribution in [0.2, 0.25) is 0 Å². The molecular formula is C57H70N14O31P5S5-5. The molecule has 0 spiro atoms. The normalized spacial score (nSPS) is 35.3. The van der Waals surface area contributed by atoms with Gasteiger partial charge in [0.2, 0.25) is 0 Å². The van der Waals surface area contributed by atoms with E-state index in [1.54, 1.807) is 6.92 Å². The van der Waals surface area contributed by atoms with Crippen molar-refractivity contribution in [1.29, 1.82) is 0 Å². The van der Waals surface area contributed by atoms with Crippen LogP contribution in [0.1, 0.15) is 87.0 Å². The number of aliphatic hydroxyl groups is 1. The zero-order chi connectivity index (χ0) is 80.8. The van der Waals surface area contributed by atoms with Crippen LogP contribution in [0.25, 0.3) is 11.2 Å². The molecule has 10 unspecified atom stereocenters. The van der Waals surface area contributed by atoms with Gasteiger partial charge >= 0.3 is 22.8 Å². The summed E-state index contributed by atoms with van der Waals surface area (Å²) in [4.78, 5) is 172. The van der Waals surface area contributed by atoms with Crippen molar-refractivity contribution in [2.24, 2.45) is 0 Å². The van der Waals surface area contributed by atoms with E-state index in [9.17, 15) is 53.3 Å². The minimum absolute atomic E-state index is 0.00555. The van der Waals surface area contributed by atoms with Crippen LogP contribution in [-0.4, -0.2) is 199 Å². The number of nitrogens with zero attached hydrogens (tertiary/aromatic N) is 9. The van der Waals surface area contributed by atoms with Gasteiger partial charge in [-0.3, -0.25) is 56.7 Å². The van der Waals surface area contributed by atoms with Gasteiger partial charge in [-0.1, -0.05) is 47.2 Å². The number of nitrogens with two attached hydrogens (primary N) is 2. The first-order chi connectivity index (χ1) is 52.5. The van der Waals surface area contributed by atoms with E-state index < -0.39 is 240 Å². The summed E-state index contributed by atoms with van der Waals surface area (Å²) < 4.78 is 130. The summed E-state index contributed by atoms with van der Waals surface area (Å²) >= 11 is 27.2. The van der Waals surface area contributed by atoms with Crippen molar-refractivity contribution < 1.29 is 112 Å². The first-order valence-corrected chi connectivity index (χ1v) is 46.6. The number of nitrogen functional groups attached to an aromatic ring is 2. The molecule has 14 heterocycles. The summed E-state index contributed by atoms with van der Waals surface area (Å²) in [6.07, 6.45) is -18.8. The third kappa shape index (κ3) is 15.7. The van der Waals surface area contributed by atoms with Crippen molar-refractivity contribution in [3.63, 3.8) is 0 Å². The third-order valence-corrected chi connectivity index (χ3v) is 28.4. The number of hydrogen-bond acceptors (Lipinski definition) is 42. The van der Waals surface area contributed by atoms with Crippen LogP contribution in [0.4, 0.5) is 11.6 Å². The van der Waals surface area contributed by atoms with E-state index in [-0.39, 0.29) is 45.9 Å². The molecule has 6 aromatic heterocycles. The number of anilines is 2. The van der Waals surface area contributed by atoms with Gasteiger partial charge in [0.05, 0.1) is 69.9 Å². The molecule has 0 amide bonds. The number of rotatable bonds is 29. The van der Waals surface area contributed by atoms with E-state index in [0.29, 0.717) is 5.56 Å². The lowest BCUT2D eigenvalue weighted by atomic mass is 9.94. The highest BCUT2D eigenvalue weighted by atomic mass is 32.7. The van der Waals surface area contributed by atoms with Crippen LogP contribution < -0.4 is 70.5 Å². The molecule has 0 aliphatic carbocycles. The fraction of sp³-hybridized carbons (Fsp3) is 0.632. The fourth-order valence-electron chi connectivity index (χ4n) is 14.7. The molecule has 8 fully saturated rings. The Bertz CT molecular complexity index is 5430. The predicted molar refractivity (Wildman–Crippen MR) is 389 cm³/mol. The Morgan fingerprint density at radius 2 is 0.973 bits per heavy atom. The van der Waals surface area contributed by atoms with Crippen molar-refractivity contribution in [2.45, 2.75) is 189 Å². The van der Waals surface area contributed by atoms with Crippen LogP contribution in [0.15, 0.2) is 71.0 Å². The molecule has 112 heavy (non-hydrogen) atoms. The van der Waals surface area contributed by atoms with Gasteiger partial charge in [0.15, 0.2) is 36.9 Å².